The number of aromatic nitrogens is 3. The van der Waals surface area contributed by atoms with Crippen molar-refractivity contribution in [1.29, 1.82) is 0 Å². The van der Waals surface area contributed by atoms with Crippen molar-refractivity contribution in [3.63, 3.8) is 0 Å². The van der Waals surface area contributed by atoms with Crippen LogP contribution in [0, 0.1) is 13.8 Å². The summed E-state index contributed by atoms with van der Waals surface area (Å²) in [6.07, 6.45) is 0. The molecule has 0 bridgehead atoms. The van der Waals surface area contributed by atoms with E-state index in [-0.39, 0.29) is 5.56 Å². The Balaban J connectivity index is 1.88. The average molecular weight is 414 g/mol. The Kier molecular flexibility index (Phi) is 5.25. The molecule has 0 atom stereocenters. The van der Waals surface area contributed by atoms with Crippen LogP contribution in [0.4, 0.5) is 5.69 Å². The number of carbonyl (C=O) groups is 2. The number of likely N-dealkylation sites (N-methyl/N-ethyl adjacent to an activating group) is 1. The van der Waals surface area contributed by atoms with Crippen LogP contribution >= 0.6 is 0 Å². The summed E-state index contributed by atoms with van der Waals surface area (Å²) >= 11 is 0. The Morgan fingerprint density at radius 1 is 1.00 bits per heavy atom. The molecule has 2 aromatic heterocycles. The molecule has 0 aliphatic carbocycles. The third kappa shape index (κ3) is 3.66. The highest BCUT2D eigenvalue weighted by molar-refractivity contribution is 6.49. The van der Waals surface area contributed by atoms with Crippen molar-refractivity contribution < 1.29 is 14.3 Å². The van der Waals surface area contributed by atoms with Crippen molar-refractivity contribution in [3.05, 3.63) is 77.6 Å². The van der Waals surface area contributed by atoms with Gasteiger partial charge in [-0.15, -0.1) is 0 Å². The van der Waals surface area contributed by atoms with E-state index in [1.54, 1.807) is 42.9 Å². The molecule has 1 amide bonds. The van der Waals surface area contributed by atoms with Gasteiger partial charge in [-0.3, -0.25) is 9.59 Å². The largest absolute Gasteiger partial charge is 0.497 e. The Morgan fingerprint density at radius 3 is 2.32 bits per heavy atom. The lowest BCUT2D eigenvalue weighted by molar-refractivity contribution is -0.114. The zero-order valence-corrected chi connectivity index (χ0v) is 17.8. The van der Waals surface area contributed by atoms with Crippen molar-refractivity contribution in [2.75, 3.05) is 19.1 Å². The molecule has 2 aromatic carbocycles. The van der Waals surface area contributed by atoms with Crippen LogP contribution in [0.2, 0.25) is 0 Å². The number of anilines is 1. The summed E-state index contributed by atoms with van der Waals surface area (Å²) in [5.74, 6) is -0.632. The molecule has 0 saturated carbocycles. The summed E-state index contributed by atoms with van der Waals surface area (Å²) in [4.78, 5) is 32.5. The number of fused-ring (bicyclic) bond motifs is 1. The van der Waals surface area contributed by atoms with Gasteiger partial charge in [-0.2, -0.15) is 5.10 Å². The first-order valence-electron chi connectivity index (χ1n) is 9.79. The number of Topliss-reactive ketones (excluding diaryl/α,β-unsaturated/α-hetero) is 1. The van der Waals surface area contributed by atoms with Gasteiger partial charge in [0.2, 0.25) is 0 Å². The van der Waals surface area contributed by atoms with Crippen molar-refractivity contribution in [2.24, 2.45) is 0 Å². The number of carbonyl (C=O) groups excluding carboxylic acids is 2. The quantitative estimate of drug-likeness (QED) is 0.366. The van der Waals surface area contributed by atoms with Crippen molar-refractivity contribution in [1.82, 2.24) is 14.6 Å². The van der Waals surface area contributed by atoms with E-state index in [2.05, 4.69) is 10.1 Å². The summed E-state index contributed by atoms with van der Waals surface area (Å²) in [5, 5.41) is 4.64. The second-order valence-corrected chi connectivity index (χ2v) is 7.26. The molecule has 4 aromatic rings. The van der Waals surface area contributed by atoms with Gasteiger partial charge in [-0.05, 0) is 56.3 Å². The lowest BCUT2D eigenvalue weighted by atomic mass is 10.0. The fourth-order valence-electron chi connectivity index (χ4n) is 3.51. The molecule has 7 heteroatoms. The summed E-state index contributed by atoms with van der Waals surface area (Å²) < 4.78 is 6.84. The molecule has 156 valence electrons. The highest BCUT2D eigenvalue weighted by Crippen LogP contribution is 2.29. The van der Waals surface area contributed by atoms with Gasteiger partial charge in [0.05, 0.1) is 7.11 Å². The zero-order valence-electron chi connectivity index (χ0n) is 17.8. The molecule has 0 N–H and O–H groups in total. The minimum atomic E-state index is -0.662. The third-order valence-corrected chi connectivity index (χ3v) is 5.13. The number of ketones is 1. The molecule has 4 rings (SSSR count). The number of amides is 1. The first-order valence-corrected chi connectivity index (χ1v) is 9.79. The molecule has 0 aliphatic heterocycles. The maximum absolute atomic E-state index is 13.5. The van der Waals surface area contributed by atoms with E-state index in [0.29, 0.717) is 28.3 Å². The van der Waals surface area contributed by atoms with E-state index in [4.69, 9.17) is 4.74 Å². The molecule has 0 spiro atoms. The summed E-state index contributed by atoms with van der Waals surface area (Å²) in [6.45, 7) is 3.73. The number of hydrogen-bond acceptors (Lipinski definition) is 5. The van der Waals surface area contributed by atoms with E-state index in [1.807, 2.05) is 50.2 Å². The van der Waals surface area contributed by atoms with Crippen LogP contribution < -0.4 is 9.64 Å². The van der Waals surface area contributed by atoms with E-state index < -0.39 is 11.7 Å². The van der Waals surface area contributed by atoms with Crippen LogP contribution in [0.3, 0.4) is 0 Å². The van der Waals surface area contributed by atoms with Gasteiger partial charge in [-0.25, -0.2) is 9.50 Å². The SMILES string of the molecule is COc1ccc(-c2nn3c(C)cc(C)nc3c2C(=O)C(=O)N(C)c2ccccc2)cc1. The van der Waals surface area contributed by atoms with Crippen molar-refractivity contribution in [2.45, 2.75) is 13.8 Å². The van der Waals surface area contributed by atoms with Crippen LogP contribution in [-0.2, 0) is 4.79 Å². The first kappa shape index (κ1) is 20.3. The number of para-hydroxylation sites is 1. The molecule has 0 fully saturated rings. The van der Waals surface area contributed by atoms with Gasteiger partial charge in [0.1, 0.15) is 17.0 Å². The second-order valence-electron chi connectivity index (χ2n) is 7.26. The molecule has 0 unspecified atom stereocenters. The lowest BCUT2D eigenvalue weighted by Crippen LogP contribution is -2.33. The van der Waals surface area contributed by atoms with E-state index in [9.17, 15) is 9.59 Å². The lowest BCUT2D eigenvalue weighted by Gasteiger charge is -2.16. The minimum absolute atomic E-state index is 0.185. The molecule has 0 saturated heterocycles. The summed E-state index contributed by atoms with van der Waals surface area (Å²) in [6, 6.07) is 18.1. The summed E-state index contributed by atoms with van der Waals surface area (Å²) in [5.41, 5.74) is 3.84. The zero-order chi connectivity index (χ0) is 22.1. The van der Waals surface area contributed by atoms with E-state index >= 15 is 0 Å². The topological polar surface area (TPSA) is 76.8 Å². The van der Waals surface area contributed by atoms with Gasteiger partial charge in [0.15, 0.2) is 5.65 Å². The standard InChI is InChI=1S/C24H22N4O3/c1-15-14-16(2)28-23(25-15)20(21(26-28)17-10-12-19(31-4)13-11-17)22(29)24(30)27(3)18-8-6-5-7-9-18/h5-14H,1-4H3. The van der Waals surface area contributed by atoms with Crippen LogP contribution in [0.1, 0.15) is 21.7 Å². The van der Waals surface area contributed by atoms with Crippen molar-refractivity contribution in [3.8, 4) is 17.0 Å². The molecule has 31 heavy (non-hydrogen) atoms. The maximum Gasteiger partial charge on any atom is 0.299 e. The molecular weight excluding hydrogens is 392 g/mol. The monoisotopic (exact) mass is 414 g/mol. The normalized spacial score (nSPS) is 10.8. The highest BCUT2D eigenvalue weighted by Gasteiger charge is 2.30. The number of hydrogen-bond donors (Lipinski definition) is 0. The van der Waals surface area contributed by atoms with Crippen LogP contribution in [0.25, 0.3) is 16.9 Å². The number of aryl methyl sites for hydroxylation is 2. The second kappa shape index (κ2) is 8.02. The minimum Gasteiger partial charge on any atom is -0.497 e. The first-order chi connectivity index (χ1) is 14.9. The van der Waals surface area contributed by atoms with Crippen LogP contribution in [0.5, 0.6) is 5.75 Å². The van der Waals surface area contributed by atoms with Crippen molar-refractivity contribution >= 4 is 23.0 Å². The average Bonchev–Trinajstić information content (AvgIpc) is 3.18. The smallest absolute Gasteiger partial charge is 0.299 e. The predicted molar refractivity (Wildman–Crippen MR) is 119 cm³/mol. The molecule has 0 aliphatic rings. The molecule has 7 nitrogen and oxygen atoms in total. The number of nitrogens with zero attached hydrogens (tertiary/aromatic N) is 4. The highest BCUT2D eigenvalue weighted by atomic mass is 16.5. The summed E-state index contributed by atoms with van der Waals surface area (Å²) in [7, 11) is 3.17. The number of ether oxygens (including phenoxy) is 1. The van der Waals surface area contributed by atoms with E-state index in [0.717, 1.165) is 11.4 Å². The Morgan fingerprint density at radius 2 is 1.68 bits per heavy atom. The van der Waals surface area contributed by atoms with Gasteiger partial charge < -0.3 is 9.64 Å². The van der Waals surface area contributed by atoms with Crippen LogP contribution in [0.15, 0.2) is 60.7 Å². The number of benzene rings is 2. The van der Waals surface area contributed by atoms with Gasteiger partial charge >= 0.3 is 0 Å². The molecule has 2 heterocycles. The van der Waals surface area contributed by atoms with E-state index in [1.165, 1.54) is 4.90 Å². The molecule has 0 radical (unpaired) electrons. The molecular formula is C24H22N4O3. The van der Waals surface area contributed by atoms with Gasteiger partial charge in [-0.1, -0.05) is 18.2 Å². The predicted octanol–water partition coefficient (Wildman–Crippen LogP) is 3.87. The Bertz CT molecular complexity index is 1280. The number of rotatable bonds is 5. The van der Waals surface area contributed by atoms with Gasteiger partial charge in [0, 0.05) is 29.7 Å². The Hall–Kier alpha value is -4.00. The number of methoxy groups -OCH3 is 1. The fourth-order valence-corrected chi connectivity index (χ4v) is 3.51. The fraction of sp³-hybridized carbons (Fsp3) is 0.167. The third-order valence-electron chi connectivity index (χ3n) is 5.13. The van der Waals surface area contributed by atoms with Gasteiger partial charge in [0.25, 0.3) is 11.7 Å². The maximum atomic E-state index is 13.5. The van der Waals surface area contributed by atoms with Crippen LogP contribution in [-0.4, -0.2) is 40.4 Å². The Labute approximate surface area is 179 Å².